The fraction of sp³-hybridized carbons (Fsp3) is 0.455. The fourth-order valence-electron chi connectivity index (χ4n) is 4.45. The lowest BCUT2D eigenvalue weighted by molar-refractivity contribution is 0.0774. The number of benzene rings is 1. The van der Waals surface area contributed by atoms with Crippen LogP contribution >= 0.6 is 0 Å². The molecular formula is C22H27N3O2. The summed E-state index contributed by atoms with van der Waals surface area (Å²) >= 11 is 0. The second kappa shape index (κ2) is 7.69. The third-order valence-electron chi connectivity index (χ3n) is 5.83. The van der Waals surface area contributed by atoms with Crippen LogP contribution in [-0.4, -0.2) is 53.5 Å². The van der Waals surface area contributed by atoms with E-state index in [-0.39, 0.29) is 5.91 Å². The monoisotopic (exact) mass is 365 g/mol. The lowest BCUT2D eigenvalue weighted by Gasteiger charge is -2.36. The van der Waals surface area contributed by atoms with E-state index >= 15 is 0 Å². The van der Waals surface area contributed by atoms with Gasteiger partial charge in [-0.2, -0.15) is 0 Å². The Morgan fingerprint density at radius 3 is 2.74 bits per heavy atom. The molecule has 0 spiro atoms. The smallest absolute Gasteiger partial charge is 0.253 e. The molecule has 2 fully saturated rings. The van der Waals surface area contributed by atoms with E-state index in [1.807, 2.05) is 42.2 Å². The van der Waals surface area contributed by atoms with Crippen LogP contribution in [0.3, 0.4) is 0 Å². The molecule has 2 saturated heterocycles. The first-order valence-corrected chi connectivity index (χ1v) is 9.74. The predicted molar refractivity (Wildman–Crippen MR) is 105 cm³/mol. The summed E-state index contributed by atoms with van der Waals surface area (Å²) in [5, 5.41) is 0. The van der Waals surface area contributed by atoms with E-state index in [0.29, 0.717) is 12.0 Å². The van der Waals surface area contributed by atoms with Crippen molar-refractivity contribution in [2.45, 2.75) is 32.4 Å². The van der Waals surface area contributed by atoms with Crippen LogP contribution in [0.25, 0.3) is 0 Å². The van der Waals surface area contributed by atoms with Gasteiger partial charge in [0.15, 0.2) is 0 Å². The Morgan fingerprint density at radius 1 is 1.19 bits per heavy atom. The van der Waals surface area contributed by atoms with Crippen LogP contribution in [0, 0.1) is 12.8 Å². The number of carbonyl (C=O) groups is 1. The van der Waals surface area contributed by atoms with Crippen molar-refractivity contribution in [1.29, 1.82) is 0 Å². The molecule has 0 radical (unpaired) electrons. The molecule has 27 heavy (non-hydrogen) atoms. The zero-order valence-electron chi connectivity index (χ0n) is 16.1. The average molecular weight is 365 g/mol. The van der Waals surface area contributed by atoms with Gasteiger partial charge in [-0.05, 0) is 68.6 Å². The Bertz CT molecular complexity index is 805. The Hall–Kier alpha value is -2.40. The van der Waals surface area contributed by atoms with Gasteiger partial charge < -0.3 is 9.64 Å². The van der Waals surface area contributed by atoms with Gasteiger partial charge in [-0.25, -0.2) is 0 Å². The molecule has 2 aromatic rings. The Morgan fingerprint density at radius 2 is 2.00 bits per heavy atom. The fourth-order valence-corrected chi connectivity index (χ4v) is 4.45. The van der Waals surface area contributed by atoms with Crippen molar-refractivity contribution in [2.75, 3.05) is 26.7 Å². The highest BCUT2D eigenvalue weighted by atomic mass is 16.5. The quantitative estimate of drug-likeness (QED) is 0.835. The molecule has 2 aliphatic heterocycles. The number of methoxy groups -OCH3 is 1. The van der Waals surface area contributed by atoms with E-state index in [1.54, 1.807) is 7.11 Å². The molecule has 1 aromatic heterocycles. The van der Waals surface area contributed by atoms with Gasteiger partial charge in [-0.15, -0.1) is 0 Å². The minimum Gasteiger partial charge on any atom is -0.497 e. The number of rotatable bonds is 4. The van der Waals surface area contributed by atoms with Crippen LogP contribution in [0.5, 0.6) is 5.75 Å². The number of fused-ring (bicyclic) bond motifs is 1. The molecule has 5 nitrogen and oxygen atoms in total. The van der Waals surface area contributed by atoms with Crippen molar-refractivity contribution < 1.29 is 9.53 Å². The summed E-state index contributed by atoms with van der Waals surface area (Å²) in [5.41, 5.74) is 2.92. The normalized spacial score (nSPS) is 22.5. The SMILES string of the molecule is COc1ccc(C(=O)N2C[C@H]3CCCN(Cc4cccc(C)n4)[C@H]3C2)cc1. The van der Waals surface area contributed by atoms with Crippen LogP contribution in [0.15, 0.2) is 42.5 Å². The summed E-state index contributed by atoms with van der Waals surface area (Å²) < 4.78 is 5.19. The van der Waals surface area contributed by atoms with E-state index in [0.717, 1.165) is 48.9 Å². The topological polar surface area (TPSA) is 45.7 Å². The number of amides is 1. The van der Waals surface area contributed by atoms with Crippen LogP contribution < -0.4 is 4.74 Å². The molecule has 0 N–H and O–H groups in total. The number of hydrogen-bond donors (Lipinski definition) is 0. The average Bonchev–Trinajstić information content (AvgIpc) is 3.13. The summed E-state index contributed by atoms with van der Waals surface area (Å²) in [6, 6.07) is 14.1. The molecule has 4 rings (SSSR count). The second-order valence-electron chi connectivity index (χ2n) is 7.65. The van der Waals surface area contributed by atoms with Gasteiger partial charge in [0.2, 0.25) is 0 Å². The van der Waals surface area contributed by atoms with Gasteiger partial charge in [0.25, 0.3) is 5.91 Å². The Kier molecular flexibility index (Phi) is 5.12. The summed E-state index contributed by atoms with van der Waals surface area (Å²) in [6.45, 7) is 5.65. The molecule has 0 saturated carbocycles. The van der Waals surface area contributed by atoms with Crippen LogP contribution in [0.1, 0.15) is 34.6 Å². The first kappa shape index (κ1) is 18.0. The van der Waals surface area contributed by atoms with Crippen molar-refractivity contribution in [3.63, 3.8) is 0 Å². The van der Waals surface area contributed by atoms with Crippen molar-refractivity contribution in [2.24, 2.45) is 5.92 Å². The van der Waals surface area contributed by atoms with Crippen LogP contribution in [-0.2, 0) is 6.54 Å². The number of ether oxygens (including phenoxy) is 1. The van der Waals surface area contributed by atoms with Gasteiger partial charge in [-0.3, -0.25) is 14.7 Å². The molecule has 3 heterocycles. The number of hydrogen-bond acceptors (Lipinski definition) is 4. The third-order valence-corrected chi connectivity index (χ3v) is 5.83. The minimum atomic E-state index is 0.126. The van der Waals surface area contributed by atoms with Gasteiger partial charge in [0.05, 0.1) is 12.8 Å². The van der Waals surface area contributed by atoms with E-state index in [2.05, 4.69) is 22.0 Å². The lowest BCUT2D eigenvalue weighted by Crippen LogP contribution is -2.44. The first-order chi connectivity index (χ1) is 13.1. The van der Waals surface area contributed by atoms with Gasteiger partial charge in [0.1, 0.15) is 5.75 Å². The zero-order valence-corrected chi connectivity index (χ0v) is 16.1. The number of aromatic nitrogens is 1. The van der Waals surface area contributed by atoms with Crippen LogP contribution in [0.2, 0.25) is 0 Å². The summed E-state index contributed by atoms with van der Waals surface area (Å²) in [4.78, 5) is 22.2. The van der Waals surface area contributed by atoms with E-state index < -0.39 is 0 Å². The molecule has 5 heteroatoms. The highest BCUT2D eigenvalue weighted by molar-refractivity contribution is 5.94. The number of pyridine rings is 1. The second-order valence-corrected chi connectivity index (χ2v) is 7.65. The van der Waals surface area contributed by atoms with Gasteiger partial charge in [0, 0.05) is 36.9 Å². The summed E-state index contributed by atoms with van der Waals surface area (Å²) in [5.74, 6) is 1.46. The molecule has 2 atom stereocenters. The molecule has 0 bridgehead atoms. The first-order valence-electron chi connectivity index (χ1n) is 9.74. The number of likely N-dealkylation sites (tertiary alicyclic amines) is 2. The van der Waals surface area contributed by atoms with E-state index in [4.69, 9.17) is 4.74 Å². The standard InChI is InChI=1S/C22H27N3O2/c1-16-5-3-7-19(23-16)14-24-12-4-6-18-13-25(15-21(18)24)22(26)17-8-10-20(27-2)11-9-17/h3,5,7-11,18,21H,4,6,12-15H2,1-2H3/t18-,21+/m1/s1. The highest BCUT2D eigenvalue weighted by Crippen LogP contribution is 2.32. The van der Waals surface area contributed by atoms with Crippen molar-refractivity contribution in [3.05, 3.63) is 59.4 Å². The highest BCUT2D eigenvalue weighted by Gasteiger charge is 2.40. The Labute approximate surface area is 161 Å². The Balaban J connectivity index is 1.46. The molecule has 0 aliphatic carbocycles. The number of piperidine rings is 1. The largest absolute Gasteiger partial charge is 0.497 e. The number of carbonyl (C=O) groups excluding carboxylic acids is 1. The number of aryl methyl sites for hydroxylation is 1. The maximum Gasteiger partial charge on any atom is 0.253 e. The lowest BCUT2D eigenvalue weighted by atomic mass is 9.92. The minimum absolute atomic E-state index is 0.126. The van der Waals surface area contributed by atoms with E-state index in [1.165, 1.54) is 12.8 Å². The number of nitrogens with zero attached hydrogens (tertiary/aromatic N) is 3. The van der Waals surface area contributed by atoms with E-state index in [9.17, 15) is 4.79 Å². The zero-order chi connectivity index (χ0) is 18.8. The predicted octanol–water partition coefficient (Wildman–Crippen LogP) is 3.14. The third kappa shape index (κ3) is 3.83. The van der Waals surface area contributed by atoms with Crippen molar-refractivity contribution in [1.82, 2.24) is 14.8 Å². The molecule has 2 aliphatic rings. The van der Waals surface area contributed by atoms with Crippen LogP contribution in [0.4, 0.5) is 0 Å². The van der Waals surface area contributed by atoms with Gasteiger partial charge in [-0.1, -0.05) is 6.07 Å². The molecular weight excluding hydrogens is 338 g/mol. The molecule has 142 valence electrons. The van der Waals surface area contributed by atoms with Crippen molar-refractivity contribution >= 4 is 5.91 Å². The van der Waals surface area contributed by atoms with Gasteiger partial charge >= 0.3 is 0 Å². The maximum atomic E-state index is 13.0. The maximum absolute atomic E-state index is 13.0. The molecule has 1 amide bonds. The van der Waals surface area contributed by atoms with Crippen molar-refractivity contribution in [3.8, 4) is 5.75 Å². The summed E-state index contributed by atoms with van der Waals surface area (Å²) in [6.07, 6.45) is 2.40. The molecule has 1 aromatic carbocycles. The molecule has 0 unspecified atom stereocenters. The summed E-state index contributed by atoms with van der Waals surface area (Å²) in [7, 11) is 1.64.